The van der Waals surface area contributed by atoms with Crippen LogP contribution in [0.25, 0.3) is 10.4 Å². The van der Waals surface area contributed by atoms with Crippen LogP contribution in [-0.4, -0.2) is 52.4 Å². The molecule has 0 saturated carbocycles. The average Bonchev–Trinajstić information content (AvgIpc) is 3.31. The van der Waals surface area contributed by atoms with Crippen molar-refractivity contribution >= 4 is 29.0 Å². The summed E-state index contributed by atoms with van der Waals surface area (Å²) in [5, 5.41) is 5.73. The van der Waals surface area contributed by atoms with Gasteiger partial charge in [-0.3, -0.25) is 9.59 Å². The van der Waals surface area contributed by atoms with E-state index >= 15 is 0 Å². The van der Waals surface area contributed by atoms with Crippen molar-refractivity contribution in [1.82, 2.24) is 20.2 Å². The highest BCUT2D eigenvalue weighted by Crippen LogP contribution is 2.42. The lowest BCUT2D eigenvalue weighted by molar-refractivity contribution is -0.137. The minimum absolute atomic E-state index is 0.00270. The maximum absolute atomic E-state index is 14.4. The summed E-state index contributed by atoms with van der Waals surface area (Å²) in [6.45, 7) is 17.1. The van der Waals surface area contributed by atoms with Crippen molar-refractivity contribution < 1.29 is 22.8 Å². The highest BCUT2D eigenvalue weighted by atomic mass is 32.1. The lowest BCUT2D eigenvalue weighted by atomic mass is 9.90. The van der Waals surface area contributed by atoms with E-state index < -0.39 is 23.6 Å². The van der Waals surface area contributed by atoms with Gasteiger partial charge in [0.05, 0.1) is 10.4 Å². The molecule has 1 aliphatic rings. The third kappa shape index (κ3) is 8.90. The molecule has 1 aliphatic heterocycles. The molecule has 0 bridgehead atoms. The number of carbonyl (C=O) groups is 2. The highest BCUT2D eigenvalue weighted by Gasteiger charge is 2.39. The third-order valence-corrected chi connectivity index (χ3v) is 8.08. The van der Waals surface area contributed by atoms with Crippen molar-refractivity contribution in [3.63, 3.8) is 0 Å². The van der Waals surface area contributed by atoms with Crippen LogP contribution >= 0.6 is 11.3 Å². The van der Waals surface area contributed by atoms with E-state index in [0.717, 1.165) is 49.3 Å². The van der Waals surface area contributed by atoms with Crippen molar-refractivity contribution in [2.24, 2.45) is 16.7 Å². The molecular weight excluding hydrogens is 551 g/mol. The number of nitrogens with one attached hydrogen (secondary N) is 2. The van der Waals surface area contributed by atoms with Gasteiger partial charge in [-0.25, -0.2) is 9.97 Å². The van der Waals surface area contributed by atoms with Gasteiger partial charge in [-0.15, -0.1) is 11.3 Å². The largest absolute Gasteiger partial charge is 0.417 e. The van der Waals surface area contributed by atoms with Crippen molar-refractivity contribution in [3.05, 3.63) is 28.5 Å². The zero-order valence-corrected chi connectivity index (χ0v) is 26.3. The Morgan fingerprint density at radius 2 is 1.73 bits per heavy atom. The molecule has 2 atom stereocenters. The predicted octanol–water partition coefficient (Wildman–Crippen LogP) is 7.50. The molecule has 228 valence electrons. The number of aromatic nitrogens is 2. The number of piperidine rings is 1. The Kier molecular flexibility index (Phi) is 10.1. The molecule has 0 radical (unpaired) electrons. The van der Waals surface area contributed by atoms with Crippen LogP contribution in [0.1, 0.15) is 107 Å². The molecule has 3 rings (SSSR count). The summed E-state index contributed by atoms with van der Waals surface area (Å²) in [7, 11) is 0. The fraction of sp³-hybridized carbons (Fsp3) is 0.667. The molecule has 11 heteroatoms. The molecule has 2 aromatic rings. The quantitative estimate of drug-likeness (QED) is 0.330. The predicted molar refractivity (Wildman–Crippen MR) is 158 cm³/mol. The second-order valence-corrected chi connectivity index (χ2v) is 14.5. The van der Waals surface area contributed by atoms with Gasteiger partial charge in [0.25, 0.3) is 11.8 Å². The Labute approximate surface area is 245 Å². The highest BCUT2D eigenvalue weighted by molar-refractivity contribution is 7.17. The van der Waals surface area contributed by atoms with Gasteiger partial charge in [0.2, 0.25) is 0 Å². The minimum Gasteiger partial charge on any atom is -0.370 e. The monoisotopic (exact) mass is 595 g/mol. The maximum atomic E-state index is 14.4. The Bertz CT molecular complexity index is 1230. The molecule has 3 heterocycles. The molecule has 1 fully saturated rings. The van der Waals surface area contributed by atoms with E-state index in [9.17, 15) is 22.8 Å². The van der Waals surface area contributed by atoms with Gasteiger partial charge in [-0.2, -0.15) is 13.2 Å². The van der Waals surface area contributed by atoms with E-state index in [-0.39, 0.29) is 43.8 Å². The summed E-state index contributed by atoms with van der Waals surface area (Å²) < 4.78 is 43.3. The van der Waals surface area contributed by atoms with Gasteiger partial charge in [0.15, 0.2) is 5.01 Å². The third-order valence-electron chi connectivity index (χ3n) is 6.99. The smallest absolute Gasteiger partial charge is 0.370 e. The zero-order valence-electron chi connectivity index (χ0n) is 25.5. The van der Waals surface area contributed by atoms with E-state index in [4.69, 9.17) is 0 Å². The normalized spacial score (nSPS) is 18.4. The second kappa shape index (κ2) is 12.7. The Hall–Kier alpha value is -2.69. The first kappa shape index (κ1) is 32.8. The van der Waals surface area contributed by atoms with Crippen LogP contribution in [0.15, 0.2) is 12.3 Å². The van der Waals surface area contributed by atoms with Crippen LogP contribution in [-0.2, 0) is 6.18 Å². The molecule has 2 aromatic heterocycles. The summed E-state index contributed by atoms with van der Waals surface area (Å²) in [4.78, 5) is 37.4. The molecule has 2 unspecified atom stereocenters. The van der Waals surface area contributed by atoms with Gasteiger partial charge in [0, 0.05) is 37.4 Å². The number of pyridine rings is 1. The van der Waals surface area contributed by atoms with E-state index in [1.54, 1.807) is 4.90 Å². The first-order chi connectivity index (χ1) is 18.9. The van der Waals surface area contributed by atoms with Gasteiger partial charge in [-0.05, 0) is 49.0 Å². The molecular formula is C30H44F3N5O2S. The first-order valence-corrected chi connectivity index (χ1v) is 15.1. The van der Waals surface area contributed by atoms with E-state index in [1.807, 2.05) is 48.5 Å². The SMILES string of the molecule is CCCC1CCC(C)N(C(=O)c2nc(C(=O)NCC(C)(C)C)sc2-c2cnc(NCC(C)(C)C)cc2C(F)(F)F)C1. The van der Waals surface area contributed by atoms with E-state index in [1.165, 1.54) is 0 Å². The number of amides is 2. The number of rotatable bonds is 8. The Morgan fingerprint density at radius 3 is 2.32 bits per heavy atom. The van der Waals surface area contributed by atoms with Crippen LogP contribution in [0.4, 0.5) is 19.0 Å². The van der Waals surface area contributed by atoms with Crippen LogP contribution in [0, 0.1) is 16.7 Å². The summed E-state index contributed by atoms with van der Waals surface area (Å²) in [5.74, 6) is -0.575. The molecule has 0 spiro atoms. The number of thiazole rings is 1. The number of halogens is 3. The summed E-state index contributed by atoms with van der Waals surface area (Å²) in [6, 6.07) is 0.877. The number of hydrogen-bond donors (Lipinski definition) is 2. The van der Waals surface area contributed by atoms with Crippen molar-refractivity contribution in [1.29, 1.82) is 0 Å². The molecule has 2 N–H and O–H groups in total. The van der Waals surface area contributed by atoms with Crippen LogP contribution < -0.4 is 10.6 Å². The average molecular weight is 596 g/mol. The molecule has 0 aliphatic carbocycles. The van der Waals surface area contributed by atoms with Crippen LogP contribution in [0.5, 0.6) is 0 Å². The molecule has 7 nitrogen and oxygen atoms in total. The maximum Gasteiger partial charge on any atom is 0.417 e. The lowest BCUT2D eigenvalue weighted by Crippen LogP contribution is -2.45. The first-order valence-electron chi connectivity index (χ1n) is 14.3. The van der Waals surface area contributed by atoms with Crippen molar-refractivity contribution in [2.75, 3.05) is 25.0 Å². The van der Waals surface area contributed by atoms with Gasteiger partial charge >= 0.3 is 6.18 Å². The van der Waals surface area contributed by atoms with Crippen molar-refractivity contribution in [2.45, 2.75) is 93.3 Å². The summed E-state index contributed by atoms with van der Waals surface area (Å²) >= 11 is 0.799. The molecule has 0 aromatic carbocycles. The Balaban J connectivity index is 2.11. The number of anilines is 1. The fourth-order valence-electron chi connectivity index (χ4n) is 4.73. The zero-order chi connectivity index (χ0) is 30.8. The number of carbonyl (C=O) groups excluding carboxylic acids is 2. The standard InChI is InChI=1S/C30H44F3N5O2S/c1-9-10-19-12-11-18(2)38(15-19)27(40)23-24(41-26(37-23)25(39)36-17-29(6,7)8)20-14-34-22(35-16-28(3,4)5)13-21(20)30(31,32)33/h13-14,18-19H,9-12,15-17H2,1-8H3,(H,34,35)(H,36,39). The Morgan fingerprint density at radius 1 is 1.07 bits per heavy atom. The van der Waals surface area contributed by atoms with Gasteiger partial charge < -0.3 is 15.5 Å². The second-order valence-electron chi connectivity index (χ2n) is 13.5. The number of hydrogen-bond acceptors (Lipinski definition) is 6. The summed E-state index contributed by atoms with van der Waals surface area (Å²) in [5.41, 5.74) is -1.72. The van der Waals surface area contributed by atoms with Crippen molar-refractivity contribution in [3.8, 4) is 10.4 Å². The van der Waals surface area contributed by atoms with Crippen LogP contribution in [0.2, 0.25) is 0 Å². The summed E-state index contributed by atoms with van der Waals surface area (Å²) in [6.07, 6.45) is 0.157. The van der Waals surface area contributed by atoms with Gasteiger partial charge in [-0.1, -0.05) is 54.9 Å². The van der Waals surface area contributed by atoms with Gasteiger partial charge in [0.1, 0.15) is 11.5 Å². The number of likely N-dealkylation sites (tertiary alicyclic amines) is 1. The lowest BCUT2D eigenvalue weighted by Gasteiger charge is -2.38. The fourth-order valence-corrected chi connectivity index (χ4v) is 5.73. The minimum atomic E-state index is -4.72. The topological polar surface area (TPSA) is 87.2 Å². The van der Waals surface area contributed by atoms with Crippen LogP contribution in [0.3, 0.4) is 0 Å². The number of alkyl halides is 3. The molecule has 41 heavy (non-hydrogen) atoms. The number of nitrogens with zero attached hydrogens (tertiary/aromatic N) is 3. The van der Waals surface area contributed by atoms with E-state index in [0.29, 0.717) is 25.6 Å². The molecule has 1 saturated heterocycles. The van der Waals surface area contributed by atoms with E-state index in [2.05, 4.69) is 27.5 Å². The molecule has 2 amide bonds.